The Labute approximate surface area is 132 Å². The summed E-state index contributed by atoms with van der Waals surface area (Å²) in [5.41, 5.74) is 1.10. The summed E-state index contributed by atoms with van der Waals surface area (Å²) in [7, 11) is 0. The molecule has 3 rings (SSSR count). The average Bonchev–Trinajstić information content (AvgIpc) is 3.20. The van der Waals surface area contributed by atoms with Gasteiger partial charge in [-0.1, -0.05) is 31.7 Å². The summed E-state index contributed by atoms with van der Waals surface area (Å²) in [6.45, 7) is 3.73. The van der Waals surface area contributed by atoms with Crippen LogP contribution in [0.25, 0.3) is 0 Å². The summed E-state index contributed by atoms with van der Waals surface area (Å²) in [6, 6.07) is 5.92. The van der Waals surface area contributed by atoms with Gasteiger partial charge in [-0.25, -0.2) is 0 Å². The number of rotatable bonds is 6. The van der Waals surface area contributed by atoms with Gasteiger partial charge in [0.15, 0.2) is 11.5 Å². The van der Waals surface area contributed by atoms with Gasteiger partial charge in [0.05, 0.1) is 0 Å². The van der Waals surface area contributed by atoms with Crippen LogP contribution in [0.5, 0.6) is 11.5 Å². The fourth-order valence-electron chi connectivity index (χ4n) is 3.42. The lowest BCUT2D eigenvalue weighted by Gasteiger charge is -2.22. The first-order valence-electron chi connectivity index (χ1n) is 8.42. The maximum Gasteiger partial charge on any atom is 0.231 e. The fourth-order valence-corrected chi connectivity index (χ4v) is 3.42. The number of hydrogen-bond acceptors (Lipinski definition) is 3. The van der Waals surface area contributed by atoms with Gasteiger partial charge in [-0.15, -0.1) is 0 Å². The minimum Gasteiger partial charge on any atom is -0.454 e. The molecule has 0 aromatic heterocycles. The summed E-state index contributed by atoms with van der Waals surface area (Å²) in [6.07, 6.45) is 7.03. The van der Waals surface area contributed by atoms with Crippen LogP contribution in [0.1, 0.15) is 51.0 Å². The van der Waals surface area contributed by atoms with E-state index in [2.05, 4.69) is 0 Å². The molecule has 2 aliphatic rings. The standard InChI is InChI=1S/C18H25NO3/c1-2-19(18(20)10-8-14-5-3-4-6-14)12-15-7-9-16-17(11-15)22-13-21-16/h7,9,11,14H,2-6,8,10,12-13H2,1H3. The number of hydrogen-bond donors (Lipinski definition) is 0. The van der Waals surface area contributed by atoms with E-state index in [1.54, 1.807) is 0 Å². The molecule has 120 valence electrons. The zero-order valence-corrected chi connectivity index (χ0v) is 13.3. The van der Waals surface area contributed by atoms with Gasteiger partial charge in [-0.05, 0) is 37.0 Å². The largest absolute Gasteiger partial charge is 0.454 e. The normalized spacial score (nSPS) is 17.0. The predicted molar refractivity (Wildman–Crippen MR) is 84.8 cm³/mol. The van der Waals surface area contributed by atoms with E-state index in [1.165, 1.54) is 25.7 Å². The second kappa shape index (κ2) is 7.03. The highest BCUT2D eigenvalue weighted by atomic mass is 16.7. The number of benzene rings is 1. The second-order valence-corrected chi connectivity index (χ2v) is 6.28. The third-order valence-electron chi connectivity index (χ3n) is 4.79. The van der Waals surface area contributed by atoms with Crippen molar-refractivity contribution in [3.63, 3.8) is 0 Å². The molecular formula is C18H25NO3. The fraction of sp³-hybridized carbons (Fsp3) is 0.611. The first-order chi connectivity index (χ1) is 10.8. The van der Waals surface area contributed by atoms with Crippen LogP contribution in [0.3, 0.4) is 0 Å². The van der Waals surface area contributed by atoms with Crippen LogP contribution in [0, 0.1) is 5.92 Å². The van der Waals surface area contributed by atoms with Gasteiger partial charge in [-0.2, -0.15) is 0 Å². The molecule has 22 heavy (non-hydrogen) atoms. The number of nitrogens with zero attached hydrogens (tertiary/aromatic N) is 1. The van der Waals surface area contributed by atoms with Crippen LogP contribution >= 0.6 is 0 Å². The van der Waals surface area contributed by atoms with Gasteiger partial charge in [0.2, 0.25) is 12.7 Å². The van der Waals surface area contributed by atoms with Crippen molar-refractivity contribution in [1.82, 2.24) is 4.90 Å². The zero-order chi connectivity index (χ0) is 15.4. The molecule has 1 amide bonds. The molecule has 0 spiro atoms. The lowest BCUT2D eigenvalue weighted by molar-refractivity contribution is -0.131. The summed E-state index contributed by atoms with van der Waals surface area (Å²) in [4.78, 5) is 14.4. The van der Waals surface area contributed by atoms with E-state index < -0.39 is 0 Å². The van der Waals surface area contributed by atoms with Gasteiger partial charge in [0.1, 0.15) is 0 Å². The zero-order valence-electron chi connectivity index (χ0n) is 13.3. The van der Waals surface area contributed by atoms with Crippen molar-refractivity contribution in [2.75, 3.05) is 13.3 Å². The Kier molecular flexibility index (Phi) is 4.86. The third kappa shape index (κ3) is 3.54. The van der Waals surface area contributed by atoms with Crippen LogP contribution < -0.4 is 9.47 Å². The lowest BCUT2D eigenvalue weighted by Crippen LogP contribution is -2.30. The van der Waals surface area contributed by atoms with Crippen molar-refractivity contribution in [2.24, 2.45) is 5.92 Å². The third-order valence-corrected chi connectivity index (χ3v) is 4.79. The number of ether oxygens (including phenoxy) is 2. The number of amides is 1. The van der Waals surface area contributed by atoms with E-state index in [4.69, 9.17) is 9.47 Å². The molecule has 1 aromatic carbocycles. The van der Waals surface area contributed by atoms with Gasteiger partial charge in [0, 0.05) is 19.5 Å². The van der Waals surface area contributed by atoms with Crippen LogP contribution in [0.2, 0.25) is 0 Å². The van der Waals surface area contributed by atoms with Crippen LogP contribution in [0.15, 0.2) is 18.2 Å². The van der Waals surface area contributed by atoms with Gasteiger partial charge in [0.25, 0.3) is 0 Å². The highest BCUT2D eigenvalue weighted by Gasteiger charge is 2.19. The van der Waals surface area contributed by atoms with Crippen LogP contribution in [0.4, 0.5) is 0 Å². The molecule has 1 aliphatic heterocycles. The molecule has 1 aliphatic carbocycles. The van der Waals surface area contributed by atoms with Crippen LogP contribution in [-0.2, 0) is 11.3 Å². The van der Waals surface area contributed by atoms with E-state index in [0.29, 0.717) is 13.0 Å². The monoisotopic (exact) mass is 303 g/mol. The van der Waals surface area contributed by atoms with E-state index in [9.17, 15) is 4.79 Å². The van der Waals surface area contributed by atoms with Gasteiger partial charge >= 0.3 is 0 Å². The van der Waals surface area contributed by atoms with Gasteiger partial charge < -0.3 is 14.4 Å². The molecular weight excluding hydrogens is 278 g/mol. The Morgan fingerprint density at radius 2 is 2.00 bits per heavy atom. The molecule has 0 radical (unpaired) electrons. The first kappa shape index (κ1) is 15.2. The molecule has 0 bridgehead atoms. The SMILES string of the molecule is CCN(Cc1ccc2c(c1)OCO2)C(=O)CCC1CCCC1. The molecule has 1 heterocycles. The summed E-state index contributed by atoms with van der Waals surface area (Å²) in [5, 5.41) is 0. The van der Waals surface area contributed by atoms with Crippen molar-refractivity contribution in [3.05, 3.63) is 23.8 Å². The molecule has 1 aromatic rings. The quantitative estimate of drug-likeness (QED) is 0.803. The molecule has 0 saturated heterocycles. The first-order valence-corrected chi connectivity index (χ1v) is 8.42. The Bertz CT molecular complexity index is 523. The van der Waals surface area contributed by atoms with Gasteiger partial charge in [-0.3, -0.25) is 4.79 Å². The Balaban J connectivity index is 1.55. The lowest BCUT2D eigenvalue weighted by atomic mass is 10.0. The summed E-state index contributed by atoms with van der Waals surface area (Å²) >= 11 is 0. The molecule has 4 heteroatoms. The van der Waals surface area contributed by atoms with E-state index in [1.807, 2.05) is 30.0 Å². The van der Waals surface area contributed by atoms with Crippen molar-refractivity contribution in [2.45, 2.75) is 52.0 Å². The average molecular weight is 303 g/mol. The summed E-state index contributed by atoms with van der Waals surface area (Å²) < 4.78 is 10.7. The molecule has 0 unspecified atom stereocenters. The van der Waals surface area contributed by atoms with Crippen LogP contribution in [-0.4, -0.2) is 24.1 Å². The number of fused-ring (bicyclic) bond motifs is 1. The Morgan fingerprint density at radius 1 is 1.23 bits per heavy atom. The van der Waals surface area contributed by atoms with Crippen molar-refractivity contribution >= 4 is 5.91 Å². The topological polar surface area (TPSA) is 38.8 Å². The number of carbonyl (C=O) groups excluding carboxylic acids is 1. The Hall–Kier alpha value is -1.71. The number of carbonyl (C=O) groups is 1. The highest BCUT2D eigenvalue weighted by Crippen LogP contribution is 2.33. The Morgan fingerprint density at radius 3 is 2.77 bits per heavy atom. The van der Waals surface area contributed by atoms with Crippen molar-refractivity contribution in [3.8, 4) is 11.5 Å². The second-order valence-electron chi connectivity index (χ2n) is 6.28. The molecule has 1 fully saturated rings. The minimum absolute atomic E-state index is 0.270. The molecule has 0 N–H and O–H groups in total. The van der Waals surface area contributed by atoms with Crippen molar-refractivity contribution in [1.29, 1.82) is 0 Å². The molecule has 1 saturated carbocycles. The predicted octanol–water partition coefficient (Wildman–Crippen LogP) is 3.73. The highest BCUT2D eigenvalue weighted by molar-refractivity contribution is 5.76. The minimum atomic E-state index is 0.270. The van der Waals surface area contributed by atoms with Crippen molar-refractivity contribution < 1.29 is 14.3 Å². The maximum atomic E-state index is 12.4. The molecule has 4 nitrogen and oxygen atoms in total. The van der Waals surface area contributed by atoms with E-state index in [0.717, 1.165) is 35.9 Å². The molecule has 0 atom stereocenters. The summed E-state index contributed by atoms with van der Waals surface area (Å²) in [5.74, 6) is 2.62. The van der Waals surface area contributed by atoms with E-state index >= 15 is 0 Å². The smallest absolute Gasteiger partial charge is 0.231 e. The maximum absolute atomic E-state index is 12.4. The van der Waals surface area contributed by atoms with E-state index in [-0.39, 0.29) is 12.7 Å².